The van der Waals surface area contributed by atoms with Crippen LogP contribution in [0.4, 0.5) is 5.69 Å². The van der Waals surface area contributed by atoms with Gasteiger partial charge in [0.2, 0.25) is 5.91 Å². The van der Waals surface area contributed by atoms with Gasteiger partial charge in [-0.05, 0) is 42.6 Å². The Kier molecular flexibility index (Phi) is 13.2. The van der Waals surface area contributed by atoms with Crippen molar-refractivity contribution in [1.29, 1.82) is 0 Å². The maximum atomic E-state index is 12.3. The first-order valence-electron chi connectivity index (χ1n) is 10.9. The Bertz CT molecular complexity index is 778. The number of carbonyl (C=O) groups is 1. The molecular formula is C24H35Cl3N4O. The van der Waals surface area contributed by atoms with E-state index in [0.717, 1.165) is 64.3 Å². The molecule has 0 aliphatic carbocycles. The topological polar surface area (TPSA) is 47.6 Å². The van der Waals surface area contributed by atoms with Gasteiger partial charge in [-0.3, -0.25) is 14.6 Å². The molecule has 4 rings (SSSR count). The van der Waals surface area contributed by atoms with Gasteiger partial charge in [-0.25, -0.2) is 0 Å². The number of hydrogen-bond donors (Lipinski definition) is 2. The van der Waals surface area contributed by atoms with Crippen molar-refractivity contribution < 1.29 is 4.79 Å². The van der Waals surface area contributed by atoms with Gasteiger partial charge in [0, 0.05) is 45.0 Å². The minimum atomic E-state index is -0.0457. The Morgan fingerprint density at radius 1 is 0.812 bits per heavy atom. The molecule has 0 radical (unpaired) electrons. The molecule has 32 heavy (non-hydrogen) atoms. The Labute approximate surface area is 210 Å². The molecule has 2 aliphatic rings. The monoisotopic (exact) mass is 500 g/mol. The first-order valence-corrected chi connectivity index (χ1v) is 10.9. The first-order chi connectivity index (χ1) is 14.3. The predicted octanol–water partition coefficient (Wildman–Crippen LogP) is 4.35. The zero-order valence-corrected chi connectivity index (χ0v) is 20.8. The van der Waals surface area contributed by atoms with Crippen molar-refractivity contribution in [2.24, 2.45) is 0 Å². The molecule has 2 saturated heterocycles. The van der Waals surface area contributed by atoms with Crippen LogP contribution in [0.1, 0.15) is 30.4 Å². The van der Waals surface area contributed by atoms with Crippen molar-refractivity contribution in [3.63, 3.8) is 0 Å². The van der Waals surface area contributed by atoms with Crippen LogP contribution >= 0.6 is 37.2 Å². The average Bonchev–Trinajstić information content (AvgIpc) is 2.78. The highest BCUT2D eigenvalue weighted by atomic mass is 35.5. The highest BCUT2D eigenvalue weighted by Gasteiger charge is 2.20. The van der Waals surface area contributed by atoms with Gasteiger partial charge in [-0.15, -0.1) is 37.2 Å². The minimum absolute atomic E-state index is 0. The third kappa shape index (κ3) is 8.54. The van der Waals surface area contributed by atoms with E-state index < -0.39 is 0 Å². The number of nitrogens with one attached hydrogen (secondary N) is 2. The van der Waals surface area contributed by atoms with Gasteiger partial charge >= 0.3 is 0 Å². The molecule has 2 aliphatic heterocycles. The summed E-state index contributed by atoms with van der Waals surface area (Å²) in [4.78, 5) is 17.4. The fraction of sp³-hybridized carbons (Fsp3) is 0.458. The summed E-state index contributed by atoms with van der Waals surface area (Å²) >= 11 is 0. The Morgan fingerprint density at radius 3 is 1.91 bits per heavy atom. The van der Waals surface area contributed by atoms with Crippen molar-refractivity contribution in [2.45, 2.75) is 38.4 Å². The normalized spacial score (nSPS) is 19.1. The maximum absolute atomic E-state index is 12.3. The summed E-state index contributed by atoms with van der Waals surface area (Å²) < 4.78 is 0. The number of rotatable bonds is 6. The van der Waals surface area contributed by atoms with E-state index in [0.29, 0.717) is 0 Å². The van der Waals surface area contributed by atoms with Gasteiger partial charge in [0.25, 0.3) is 0 Å². The predicted molar refractivity (Wildman–Crippen MR) is 139 cm³/mol. The molecule has 178 valence electrons. The fourth-order valence-corrected chi connectivity index (χ4v) is 4.20. The van der Waals surface area contributed by atoms with Gasteiger partial charge in [0.1, 0.15) is 0 Å². The zero-order valence-electron chi connectivity index (χ0n) is 18.4. The van der Waals surface area contributed by atoms with E-state index in [4.69, 9.17) is 0 Å². The molecule has 2 aromatic carbocycles. The van der Waals surface area contributed by atoms with Gasteiger partial charge in [0.05, 0.1) is 6.04 Å². The third-order valence-electron chi connectivity index (χ3n) is 5.97. The molecule has 0 spiro atoms. The fourth-order valence-electron chi connectivity index (χ4n) is 4.20. The van der Waals surface area contributed by atoms with Gasteiger partial charge in [0.15, 0.2) is 0 Å². The van der Waals surface area contributed by atoms with Gasteiger partial charge in [-0.1, -0.05) is 48.9 Å². The Morgan fingerprint density at radius 2 is 1.38 bits per heavy atom. The molecule has 0 bridgehead atoms. The van der Waals surface area contributed by atoms with E-state index in [-0.39, 0.29) is 49.2 Å². The summed E-state index contributed by atoms with van der Waals surface area (Å²) in [5, 5.41) is 6.35. The molecule has 1 amide bonds. The number of benzene rings is 2. The number of anilines is 1. The lowest BCUT2D eigenvalue weighted by Gasteiger charge is -2.34. The molecule has 0 saturated carbocycles. The van der Waals surface area contributed by atoms with E-state index in [1.54, 1.807) is 0 Å². The largest absolute Gasteiger partial charge is 0.325 e. The molecule has 2 fully saturated rings. The molecule has 2 aromatic rings. The number of carbonyl (C=O) groups excluding carboxylic acids is 1. The smallest absolute Gasteiger partial charge is 0.241 e. The van der Waals surface area contributed by atoms with Crippen molar-refractivity contribution in [3.8, 4) is 0 Å². The summed E-state index contributed by atoms with van der Waals surface area (Å²) in [6.07, 6.45) is 3.22. The van der Waals surface area contributed by atoms with Gasteiger partial charge in [-0.2, -0.15) is 0 Å². The number of piperazine rings is 1. The van der Waals surface area contributed by atoms with E-state index in [2.05, 4.69) is 62.9 Å². The molecule has 0 aromatic heterocycles. The lowest BCUT2D eigenvalue weighted by molar-refractivity contribution is -0.118. The van der Waals surface area contributed by atoms with Crippen LogP contribution < -0.4 is 10.6 Å². The van der Waals surface area contributed by atoms with Gasteiger partial charge < -0.3 is 10.6 Å². The summed E-state index contributed by atoms with van der Waals surface area (Å²) in [7, 11) is 0. The van der Waals surface area contributed by atoms with E-state index in [1.807, 2.05) is 12.1 Å². The Balaban J connectivity index is 0.00000171. The quantitative estimate of drug-likeness (QED) is 0.618. The van der Waals surface area contributed by atoms with Crippen molar-refractivity contribution in [1.82, 2.24) is 15.1 Å². The Hall–Kier alpha value is -1.34. The van der Waals surface area contributed by atoms with Crippen LogP contribution in [-0.4, -0.2) is 54.5 Å². The maximum Gasteiger partial charge on any atom is 0.241 e. The second-order valence-corrected chi connectivity index (χ2v) is 8.23. The summed E-state index contributed by atoms with van der Waals surface area (Å²) in [6.45, 7) is 7.36. The molecule has 5 nitrogen and oxygen atoms in total. The minimum Gasteiger partial charge on any atom is -0.325 e. The lowest BCUT2D eigenvalue weighted by atomic mass is 10.0. The van der Waals surface area contributed by atoms with Crippen LogP contribution in [0.2, 0.25) is 0 Å². The summed E-state index contributed by atoms with van der Waals surface area (Å²) in [5.74, 6) is 0.0898. The number of amides is 1. The zero-order chi connectivity index (χ0) is 19.9. The number of nitrogens with zero attached hydrogens (tertiary/aromatic N) is 2. The standard InChI is InChI=1S/C24H32N4O.3ClH/c29-24(23-8-4-5-13-25-23)26-22-11-9-21(10-12-22)19-28-16-14-27(15-17-28)18-20-6-2-1-3-7-20;;;/h1-3,6-7,9-12,23,25H,4-5,8,13-19H2,(H,26,29);3*1H. The van der Waals surface area contributed by atoms with Crippen molar-refractivity contribution in [2.75, 3.05) is 38.0 Å². The molecule has 2 heterocycles. The second-order valence-electron chi connectivity index (χ2n) is 8.23. The number of halogens is 3. The molecule has 8 heteroatoms. The molecular weight excluding hydrogens is 467 g/mol. The number of hydrogen-bond acceptors (Lipinski definition) is 4. The van der Waals surface area contributed by atoms with Crippen LogP contribution in [-0.2, 0) is 17.9 Å². The molecule has 1 unspecified atom stereocenters. The second kappa shape index (κ2) is 14.7. The van der Waals surface area contributed by atoms with Crippen LogP contribution in [0.15, 0.2) is 54.6 Å². The van der Waals surface area contributed by atoms with Crippen molar-refractivity contribution in [3.05, 3.63) is 65.7 Å². The van der Waals surface area contributed by atoms with Crippen LogP contribution in [0, 0.1) is 0 Å². The third-order valence-corrected chi connectivity index (χ3v) is 5.97. The van der Waals surface area contributed by atoms with E-state index in [1.165, 1.54) is 17.5 Å². The van der Waals surface area contributed by atoms with E-state index >= 15 is 0 Å². The lowest BCUT2D eigenvalue weighted by Crippen LogP contribution is -2.45. The summed E-state index contributed by atoms with van der Waals surface area (Å²) in [6, 6.07) is 19.0. The molecule has 2 N–H and O–H groups in total. The van der Waals surface area contributed by atoms with Crippen molar-refractivity contribution >= 4 is 48.8 Å². The van der Waals surface area contributed by atoms with Crippen LogP contribution in [0.3, 0.4) is 0 Å². The van der Waals surface area contributed by atoms with Crippen LogP contribution in [0.5, 0.6) is 0 Å². The highest BCUT2D eigenvalue weighted by molar-refractivity contribution is 5.94. The van der Waals surface area contributed by atoms with Crippen LogP contribution in [0.25, 0.3) is 0 Å². The van der Waals surface area contributed by atoms with E-state index in [9.17, 15) is 4.79 Å². The SMILES string of the molecule is Cl.Cl.Cl.O=C(Nc1ccc(CN2CCN(Cc3ccccc3)CC2)cc1)C1CCCCN1. The average molecular weight is 502 g/mol. The first kappa shape index (κ1) is 28.7. The number of piperidine rings is 1. The molecule has 1 atom stereocenters. The highest BCUT2D eigenvalue weighted by Crippen LogP contribution is 2.15. The summed E-state index contributed by atoms with van der Waals surface area (Å²) in [5.41, 5.74) is 3.58.